The van der Waals surface area contributed by atoms with Crippen molar-refractivity contribution < 1.29 is 90.2 Å². The summed E-state index contributed by atoms with van der Waals surface area (Å²) in [6.45, 7) is 3.32. The van der Waals surface area contributed by atoms with Crippen molar-refractivity contribution in [2.75, 3.05) is 0 Å². The molecule has 4 aromatic rings. The van der Waals surface area contributed by atoms with Gasteiger partial charge in [-0.3, -0.25) is 4.55 Å². The van der Waals surface area contributed by atoms with Gasteiger partial charge in [-0.15, -0.1) is 0 Å². The van der Waals surface area contributed by atoms with Crippen LogP contribution in [-0.4, -0.2) is 25.9 Å². The smallest absolute Gasteiger partial charge is 0.871 e. The van der Waals surface area contributed by atoms with Crippen LogP contribution in [0.3, 0.4) is 0 Å². The fourth-order valence-electron chi connectivity index (χ4n) is 3.52. The number of rotatable bonds is 6. The van der Waals surface area contributed by atoms with Gasteiger partial charge in [-0.1, -0.05) is 30.0 Å². The van der Waals surface area contributed by atoms with Gasteiger partial charge in [0.25, 0.3) is 10.1 Å². The summed E-state index contributed by atoms with van der Waals surface area (Å²) in [5.74, 6) is -0.541. The molecule has 0 atom stereocenters. The molecule has 1 N–H and O–H groups in total. The molecule has 0 amide bonds. The molecule has 0 unspecified atom stereocenters. The molecule has 190 valence electrons. The summed E-state index contributed by atoms with van der Waals surface area (Å²) >= 11 is 0. The monoisotopic (exact) mass is 584 g/mol. The van der Waals surface area contributed by atoms with Crippen LogP contribution in [0.4, 0.5) is 22.7 Å². The molecule has 0 spiro atoms. The van der Waals surface area contributed by atoms with Crippen molar-refractivity contribution in [2.24, 2.45) is 20.5 Å². The van der Waals surface area contributed by atoms with Crippen molar-refractivity contribution in [1.29, 1.82) is 0 Å². The second-order valence-corrected chi connectivity index (χ2v) is 10.8. The average Bonchev–Trinajstić information content (AvgIpc) is 2.82. The molecule has 4 aromatic carbocycles. The molecule has 11 nitrogen and oxygen atoms in total. The van der Waals surface area contributed by atoms with Crippen LogP contribution in [0.5, 0.6) is 5.75 Å². The fourth-order valence-corrected chi connectivity index (χ4v) is 4.79. The first-order valence-corrected chi connectivity index (χ1v) is 13.4. The van der Waals surface area contributed by atoms with Crippen LogP contribution in [0, 0.1) is 13.8 Å². The molecule has 0 bridgehead atoms. The molecule has 0 fully saturated rings. The predicted octanol–water partition coefficient (Wildman–Crippen LogP) is -0.480. The van der Waals surface area contributed by atoms with E-state index in [1.807, 2.05) is 0 Å². The fraction of sp³-hybridized carbons (Fsp3) is 0.0833. The second-order valence-electron chi connectivity index (χ2n) is 8.02. The predicted molar refractivity (Wildman–Crippen MR) is 132 cm³/mol. The van der Waals surface area contributed by atoms with Crippen molar-refractivity contribution in [3.8, 4) is 5.75 Å². The number of benzene rings is 4. The minimum Gasteiger partial charge on any atom is -0.871 e. The first-order chi connectivity index (χ1) is 17.3. The van der Waals surface area contributed by atoms with Crippen molar-refractivity contribution >= 4 is 53.8 Å². The van der Waals surface area contributed by atoms with Crippen LogP contribution in [0.1, 0.15) is 11.1 Å². The van der Waals surface area contributed by atoms with Crippen molar-refractivity contribution in [3.05, 3.63) is 77.9 Å². The Kier molecular flexibility index (Phi) is 11.1. The van der Waals surface area contributed by atoms with E-state index >= 15 is 0 Å². The van der Waals surface area contributed by atoms with Gasteiger partial charge in [0.2, 0.25) is 0 Å². The second kappa shape index (κ2) is 13.1. The van der Waals surface area contributed by atoms with Crippen LogP contribution < -0.4 is 64.2 Å². The minimum absolute atomic E-state index is 0. The SMILES string of the molecule is Cc1cc(S(=O)(=O)[O-])ccc1N=Nc1ccc(N=Nc2cc(S(=O)(=O)O)c3ccccc3c2[O-])c(C)c1.[Na+].[Na+]. The summed E-state index contributed by atoms with van der Waals surface area (Å²) in [6, 6.07) is 15.5. The van der Waals surface area contributed by atoms with Crippen LogP contribution in [0.25, 0.3) is 10.8 Å². The Bertz CT molecular complexity index is 1830. The van der Waals surface area contributed by atoms with E-state index < -0.39 is 30.9 Å². The number of azo groups is 2. The topological polar surface area (TPSA) is 184 Å². The van der Waals surface area contributed by atoms with Crippen molar-refractivity contribution in [1.82, 2.24) is 0 Å². The molecule has 0 radical (unpaired) electrons. The van der Waals surface area contributed by atoms with Gasteiger partial charge in [0.05, 0.1) is 27.6 Å². The number of hydrogen-bond donors (Lipinski definition) is 1. The van der Waals surface area contributed by atoms with E-state index in [0.29, 0.717) is 28.2 Å². The summed E-state index contributed by atoms with van der Waals surface area (Å²) in [4.78, 5) is -0.800. The third-order valence-electron chi connectivity index (χ3n) is 5.39. The third-order valence-corrected chi connectivity index (χ3v) is 7.12. The molecule has 39 heavy (non-hydrogen) atoms. The summed E-state index contributed by atoms with van der Waals surface area (Å²) < 4.78 is 66.7. The molecule has 0 aromatic heterocycles. The van der Waals surface area contributed by atoms with Crippen LogP contribution in [-0.2, 0) is 20.2 Å². The first kappa shape index (κ1) is 33.2. The Morgan fingerprint density at radius 2 is 1.23 bits per heavy atom. The summed E-state index contributed by atoms with van der Waals surface area (Å²) in [7, 11) is -9.19. The van der Waals surface area contributed by atoms with E-state index in [9.17, 15) is 31.0 Å². The number of aryl methyl sites for hydroxylation is 2. The average molecular weight is 585 g/mol. The van der Waals surface area contributed by atoms with E-state index in [2.05, 4.69) is 20.5 Å². The largest absolute Gasteiger partial charge is 1.00 e. The maximum atomic E-state index is 12.8. The Morgan fingerprint density at radius 1 is 0.692 bits per heavy atom. The van der Waals surface area contributed by atoms with Crippen molar-refractivity contribution in [2.45, 2.75) is 23.6 Å². The first-order valence-electron chi connectivity index (χ1n) is 10.6. The molecule has 4 rings (SSSR count). The van der Waals surface area contributed by atoms with E-state index in [-0.39, 0.29) is 80.5 Å². The zero-order valence-corrected chi connectivity index (χ0v) is 27.0. The zero-order valence-electron chi connectivity index (χ0n) is 21.4. The van der Waals surface area contributed by atoms with Crippen LogP contribution in [0.15, 0.2) is 97.0 Å². The molecular weight excluding hydrogens is 566 g/mol. The van der Waals surface area contributed by atoms with Gasteiger partial charge in [0.15, 0.2) is 0 Å². The normalized spacial score (nSPS) is 12.0. The minimum atomic E-state index is -4.62. The number of nitrogens with zero attached hydrogens (tertiary/aromatic N) is 4. The Balaban J connectivity index is 0.00000267. The summed E-state index contributed by atoms with van der Waals surface area (Å²) in [5, 5.41) is 29.1. The standard InChI is InChI=1S/C24H20N4O7S2.2Na/c1-14-11-16(25-26-21-10-8-17(12-15(21)2)36(30,31)32)7-9-20(14)27-28-22-13-23(37(33,34)35)18-5-3-4-6-19(18)24(22)29;;/h3-13,29H,1-2H3,(H,30,31,32)(H,33,34,35);;/q;2*+1/p-2. The van der Waals surface area contributed by atoms with Gasteiger partial charge >= 0.3 is 59.1 Å². The molecule has 0 heterocycles. The number of hydrogen-bond acceptors (Lipinski definition) is 10. The van der Waals surface area contributed by atoms with Gasteiger partial charge in [-0.2, -0.15) is 28.9 Å². The number of fused-ring (bicyclic) bond motifs is 1. The molecule has 0 aliphatic rings. The Morgan fingerprint density at radius 3 is 1.79 bits per heavy atom. The van der Waals surface area contributed by atoms with E-state index in [0.717, 1.165) is 12.1 Å². The molecule has 0 saturated carbocycles. The summed E-state index contributed by atoms with van der Waals surface area (Å²) in [6.07, 6.45) is 0. The van der Waals surface area contributed by atoms with Crippen molar-refractivity contribution in [3.63, 3.8) is 0 Å². The van der Waals surface area contributed by atoms with E-state index in [4.69, 9.17) is 0 Å². The van der Waals surface area contributed by atoms with Gasteiger partial charge in [-0.05, 0) is 72.8 Å². The van der Waals surface area contributed by atoms with Crippen LogP contribution in [0.2, 0.25) is 0 Å². The maximum absolute atomic E-state index is 12.8. The molecule has 15 heteroatoms. The third kappa shape index (κ3) is 7.79. The molecule has 0 aliphatic heterocycles. The molecule has 0 saturated heterocycles. The molecule has 0 aliphatic carbocycles. The van der Waals surface area contributed by atoms with E-state index in [1.165, 1.54) is 24.3 Å². The van der Waals surface area contributed by atoms with Crippen LogP contribution >= 0.6 is 0 Å². The zero-order chi connectivity index (χ0) is 27.0. The van der Waals surface area contributed by atoms with Gasteiger partial charge in [0, 0.05) is 5.39 Å². The molecular formula is C24H18N4Na2O7S2. The van der Waals surface area contributed by atoms with Gasteiger partial charge in [0.1, 0.15) is 15.0 Å². The Hall–Kier alpha value is -2.04. The maximum Gasteiger partial charge on any atom is 1.00 e. The Labute approximate surface area is 269 Å². The van der Waals surface area contributed by atoms with Gasteiger partial charge in [-0.25, -0.2) is 8.42 Å². The van der Waals surface area contributed by atoms with Gasteiger partial charge < -0.3 is 9.66 Å². The quantitative estimate of drug-likeness (QED) is 0.180. The van der Waals surface area contributed by atoms with E-state index in [1.54, 1.807) is 44.2 Å². The summed E-state index contributed by atoms with van der Waals surface area (Å²) in [5.41, 5.74) is 2.02.